The van der Waals surface area contributed by atoms with E-state index >= 15 is 0 Å². The van der Waals surface area contributed by atoms with E-state index in [1.807, 2.05) is 89.8 Å². The molecule has 0 aliphatic carbocycles. The van der Waals surface area contributed by atoms with E-state index in [9.17, 15) is 4.79 Å². The molecular formula is C33H33NO5. The Labute approximate surface area is 229 Å². The molecule has 1 heterocycles. The fraction of sp³-hybridized carbons (Fsp3) is 0.242. The predicted molar refractivity (Wildman–Crippen MR) is 150 cm³/mol. The lowest BCUT2D eigenvalue weighted by atomic mass is 9.98. The van der Waals surface area contributed by atoms with Crippen molar-refractivity contribution in [3.05, 3.63) is 119 Å². The van der Waals surface area contributed by atoms with Gasteiger partial charge < -0.3 is 23.8 Å². The first-order valence-electron chi connectivity index (χ1n) is 13.1. The van der Waals surface area contributed by atoms with Crippen LogP contribution in [0.5, 0.6) is 23.0 Å². The van der Waals surface area contributed by atoms with Crippen LogP contribution in [0, 0.1) is 0 Å². The summed E-state index contributed by atoms with van der Waals surface area (Å²) in [6.45, 7) is 2.12. The molecule has 0 spiro atoms. The summed E-state index contributed by atoms with van der Waals surface area (Å²) in [5, 5.41) is 0. The number of rotatable bonds is 10. The van der Waals surface area contributed by atoms with E-state index in [1.54, 1.807) is 14.2 Å². The van der Waals surface area contributed by atoms with Gasteiger partial charge >= 0.3 is 0 Å². The monoisotopic (exact) mass is 523 g/mol. The number of fused-ring (bicyclic) bond motifs is 1. The van der Waals surface area contributed by atoms with E-state index in [2.05, 4.69) is 6.07 Å². The van der Waals surface area contributed by atoms with E-state index < -0.39 is 0 Å². The van der Waals surface area contributed by atoms with Crippen LogP contribution < -0.4 is 18.9 Å². The van der Waals surface area contributed by atoms with Crippen LogP contribution in [0.1, 0.15) is 27.8 Å². The molecule has 1 amide bonds. The minimum atomic E-state index is 0.0732. The summed E-state index contributed by atoms with van der Waals surface area (Å²) >= 11 is 0. The summed E-state index contributed by atoms with van der Waals surface area (Å²) < 4.78 is 23.2. The van der Waals surface area contributed by atoms with Gasteiger partial charge in [0.1, 0.15) is 13.2 Å². The summed E-state index contributed by atoms with van der Waals surface area (Å²) in [6.07, 6.45) is 1.06. The Kier molecular flexibility index (Phi) is 8.32. The number of amides is 1. The van der Waals surface area contributed by atoms with Crippen LogP contribution in [0.4, 0.5) is 0 Å². The lowest BCUT2D eigenvalue weighted by Crippen LogP contribution is -2.37. The molecule has 4 aromatic carbocycles. The fourth-order valence-corrected chi connectivity index (χ4v) is 4.75. The van der Waals surface area contributed by atoms with Crippen molar-refractivity contribution < 1.29 is 23.7 Å². The highest BCUT2D eigenvalue weighted by molar-refractivity contribution is 5.79. The number of nitrogens with zero attached hydrogens (tertiary/aromatic N) is 1. The topological polar surface area (TPSA) is 57.2 Å². The maximum atomic E-state index is 13.3. The molecule has 0 bridgehead atoms. The van der Waals surface area contributed by atoms with Crippen molar-refractivity contribution >= 4 is 5.91 Å². The fourth-order valence-electron chi connectivity index (χ4n) is 4.75. The molecule has 6 nitrogen and oxygen atoms in total. The normalized spacial score (nSPS) is 12.4. The van der Waals surface area contributed by atoms with Gasteiger partial charge in [0.15, 0.2) is 23.0 Å². The third-order valence-electron chi connectivity index (χ3n) is 6.91. The standard InChI is InChI=1S/C33H33NO5/c1-36-30-17-26(13-14-29(30)38-22-24-9-5-3-6-10-24)18-33(35)34-16-15-27-19-32(31(37-2)20-28(27)21-34)39-23-25-11-7-4-8-12-25/h3-14,17,19-20H,15-16,18,21-23H2,1-2H3. The van der Waals surface area contributed by atoms with Crippen LogP contribution in [-0.4, -0.2) is 31.6 Å². The SMILES string of the molecule is COc1cc(CC(=O)N2CCc3cc(OCc4ccccc4)c(OC)cc3C2)ccc1OCc1ccccc1. The first-order chi connectivity index (χ1) is 19.1. The molecule has 39 heavy (non-hydrogen) atoms. The summed E-state index contributed by atoms with van der Waals surface area (Å²) in [5.74, 6) is 2.75. The molecule has 1 aliphatic rings. The first-order valence-corrected chi connectivity index (χ1v) is 13.1. The van der Waals surface area contributed by atoms with Crippen molar-refractivity contribution in [1.82, 2.24) is 4.90 Å². The molecule has 0 fully saturated rings. The zero-order valence-corrected chi connectivity index (χ0v) is 22.4. The average molecular weight is 524 g/mol. The number of carbonyl (C=O) groups is 1. The number of hydrogen-bond acceptors (Lipinski definition) is 5. The van der Waals surface area contributed by atoms with Gasteiger partial charge in [-0.25, -0.2) is 0 Å². The number of methoxy groups -OCH3 is 2. The predicted octanol–water partition coefficient (Wildman–Crippen LogP) is 5.99. The van der Waals surface area contributed by atoms with Gasteiger partial charge in [-0.15, -0.1) is 0 Å². The highest BCUT2D eigenvalue weighted by Crippen LogP contribution is 2.34. The van der Waals surface area contributed by atoms with E-state index in [0.717, 1.165) is 34.4 Å². The molecule has 0 aromatic heterocycles. The molecular weight excluding hydrogens is 490 g/mol. The maximum absolute atomic E-state index is 13.3. The molecule has 200 valence electrons. The zero-order valence-electron chi connectivity index (χ0n) is 22.4. The third kappa shape index (κ3) is 6.52. The van der Waals surface area contributed by atoms with Gasteiger partial charge in [-0.3, -0.25) is 4.79 Å². The van der Waals surface area contributed by atoms with E-state index in [0.29, 0.717) is 50.0 Å². The lowest BCUT2D eigenvalue weighted by Gasteiger charge is -2.30. The molecule has 0 atom stereocenters. The smallest absolute Gasteiger partial charge is 0.227 e. The first kappa shape index (κ1) is 26.2. The van der Waals surface area contributed by atoms with Crippen LogP contribution in [0.15, 0.2) is 91.0 Å². The van der Waals surface area contributed by atoms with Crippen molar-refractivity contribution in [2.45, 2.75) is 32.6 Å². The zero-order chi connectivity index (χ0) is 27.0. The summed E-state index contributed by atoms with van der Waals surface area (Å²) in [5.41, 5.74) is 5.33. The van der Waals surface area contributed by atoms with Crippen molar-refractivity contribution in [3.8, 4) is 23.0 Å². The Hall–Kier alpha value is -4.45. The molecule has 0 saturated heterocycles. The summed E-state index contributed by atoms with van der Waals surface area (Å²) in [4.78, 5) is 15.2. The Bertz CT molecular complexity index is 1400. The van der Waals surface area contributed by atoms with Crippen molar-refractivity contribution in [2.75, 3.05) is 20.8 Å². The maximum Gasteiger partial charge on any atom is 0.227 e. The number of hydrogen-bond donors (Lipinski definition) is 0. The summed E-state index contributed by atoms with van der Waals surface area (Å²) in [7, 11) is 3.26. The lowest BCUT2D eigenvalue weighted by molar-refractivity contribution is -0.131. The third-order valence-corrected chi connectivity index (χ3v) is 6.91. The van der Waals surface area contributed by atoms with Gasteiger partial charge in [-0.05, 0) is 58.5 Å². The molecule has 5 rings (SSSR count). The molecule has 0 radical (unpaired) electrons. The van der Waals surface area contributed by atoms with Crippen LogP contribution >= 0.6 is 0 Å². The van der Waals surface area contributed by atoms with Crippen molar-refractivity contribution in [1.29, 1.82) is 0 Å². The summed E-state index contributed by atoms with van der Waals surface area (Å²) in [6, 6.07) is 29.8. The van der Waals surface area contributed by atoms with Gasteiger partial charge in [0.2, 0.25) is 5.91 Å². The molecule has 0 unspecified atom stereocenters. The van der Waals surface area contributed by atoms with Gasteiger partial charge in [0.05, 0.1) is 20.6 Å². The Morgan fingerprint density at radius 2 is 1.26 bits per heavy atom. The molecule has 6 heteroatoms. The number of ether oxygens (including phenoxy) is 4. The van der Waals surface area contributed by atoms with Gasteiger partial charge in [0, 0.05) is 13.1 Å². The highest BCUT2D eigenvalue weighted by Gasteiger charge is 2.23. The van der Waals surface area contributed by atoms with E-state index in [1.165, 1.54) is 5.56 Å². The Balaban J connectivity index is 1.22. The Morgan fingerprint density at radius 1 is 0.667 bits per heavy atom. The van der Waals surface area contributed by atoms with Crippen LogP contribution in [0.3, 0.4) is 0 Å². The number of benzene rings is 4. The molecule has 0 saturated carbocycles. The second-order valence-corrected chi connectivity index (χ2v) is 9.55. The van der Waals surface area contributed by atoms with E-state index in [-0.39, 0.29) is 5.91 Å². The number of carbonyl (C=O) groups excluding carboxylic acids is 1. The van der Waals surface area contributed by atoms with Crippen LogP contribution in [0.25, 0.3) is 0 Å². The minimum absolute atomic E-state index is 0.0732. The van der Waals surface area contributed by atoms with Gasteiger partial charge in [-0.2, -0.15) is 0 Å². The minimum Gasteiger partial charge on any atom is -0.493 e. The van der Waals surface area contributed by atoms with Gasteiger partial charge in [-0.1, -0.05) is 66.7 Å². The molecule has 0 N–H and O–H groups in total. The molecule has 1 aliphatic heterocycles. The highest BCUT2D eigenvalue weighted by atomic mass is 16.5. The van der Waals surface area contributed by atoms with Crippen molar-refractivity contribution in [3.63, 3.8) is 0 Å². The largest absolute Gasteiger partial charge is 0.493 e. The Morgan fingerprint density at radius 3 is 1.90 bits per heavy atom. The van der Waals surface area contributed by atoms with Crippen LogP contribution in [0.2, 0.25) is 0 Å². The second-order valence-electron chi connectivity index (χ2n) is 9.55. The van der Waals surface area contributed by atoms with Crippen molar-refractivity contribution in [2.24, 2.45) is 0 Å². The second kappa shape index (κ2) is 12.4. The quantitative estimate of drug-likeness (QED) is 0.256. The van der Waals surface area contributed by atoms with Crippen LogP contribution in [-0.2, 0) is 37.4 Å². The van der Waals surface area contributed by atoms with E-state index in [4.69, 9.17) is 18.9 Å². The average Bonchev–Trinajstić information content (AvgIpc) is 2.99. The van der Waals surface area contributed by atoms with Gasteiger partial charge in [0.25, 0.3) is 0 Å². The molecule has 4 aromatic rings.